The number of rotatable bonds is 65. The Hall–Kier alpha value is -3.82. The maximum atomic E-state index is 14.4. The molecule has 39 nitrogen and oxygen atoms in total. The first kappa shape index (κ1) is 112. The minimum atomic E-state index is -4.98. The van der Waals surface area contributed by atoms with Crippen molar-refractivity contribution in [3.63, 3.8) is 0 Å². The van der Waals surface area contributed by atoms with Crippen molar-refractivity contribution in [3.8, 4) is 0 Å². The Morgan fingerprint density at radius 1 is 0.451 bits per heavy atom. The number of hydrogen-bond donors (Lipinski definition) is 15. The van der Waals surface area contributed by atoms with Crippen LogP contribution >= 0.6 is 15.6 Å². The summed E-state index contributed by atoms with van der Waals surface area (Å²) in [6, 6.07) is -1.02. The predicted molar refractivity (Wildman–Crippen MR) is 437 cm³/mol. The second kappa shape index (κ2) is 60.9. The molecule has 4 saturated heterocycles. The van der Waals surface area contributed by atoms with Crippen LogP contribution in [0.3, 0.4) is 0 Å². The molecule has 0 aromatic heterocycles. The van der Waals surface area contributed by atoms with E-state index < -0.39 is 208 Å². The molecule has 5 rings (SSSR count). The number of ketones is 5. The smallest absolute Gasteiger partial charge is 0.400 e. The number of amides is 3. The van der Waals surface area contributed by atoms with E-state index in [9.17, 15) is 108 Å². The largest absolute Gasteiger partial charge is 0.472 e. The van der Waals surface area contributed by atoms with Crippen LogP contribution in [0.25, 0.3) is 0 Å². The summed E-state index contributed by atoms with van der Waals surface area (Å²) in [6.45, 7) is 3.04. The molecule has 712 valence electrons. The molecule has 0 aromatic carbocycles. The molecule has 10 unspecified atom stereocenters. The third kappa shape index (κ3) is 41.7. The Labute approximate surface area is 717 Å². The van der Waals surface area contributed by atoms with E-state index in [0.717, 1.165) is 19.1 Å². The van der Waals surface area contributed by atoms with Gasteiger partial charge in [0.2, 0.25) is 17.7 Å². The third-order valence-corrected chi connectivity index (χ3v) is 24.5. The first-order valence-corrected chi connectivity index (χ1v) is 45.9. The fourth-order valence-corrected chi connectivity index (χ4v) is 16.6. The second-order valence-corrected chi connectivity index (χ2v) is 35.3. The summed E-state index contributed by atoms with van der Waals surface area (Å²) in [6.07, 6.45) is -5.97. The molecule has 15 N–H and O–H groups in total. The molecular weight excluding hydrogens is 1650 g/mol. The number of nitrogens with zero attached hydrogens (tertiary/aromatic N) is 1. The quantitative estimate of drug-likeness (QED) is 0.0236. The number of Topliss-reactive ketones (excluding diaryl/α,β-unsaturated/α-hetero) is 5. The van der Waals surface area contributed by atoms with Crippen LogP contribution in [-0.4, -0.2) is 341 Å². The molecule has 4 heterocycles. The van der Waals surface area contributed by atoms with E-state index in [-0.39, 0.29) is 152 Å². The minimum absolute atomic E-state index is 0. The van der Waals surface area contributed by atoms with Gasteiger partial charge >= 0.3 is 15.6 Å². The van der Waals surface area contributed by atoms with Crippen molar-refractivity contribution >= 4 is 62.3 Å². The SMILES string of the molecule is C.CO.COP(=O)(O)OC1C[C@H](C)O[C@@H]1COP(=O)(O)O[C@@H]1C[C@@H](CO)N(C(=O)CC(=O)NC(COCCC(=O)CCCCCC(=O)CCCCO[C@@H]2OC(CO)[C@H](O)[C@H](O)C2C)(COCCC(=O)CCCCCC(=O)CCCCO[C@@H]2CC(CO)[C@H](O)[C@H](O)C2C)COCCC(=O)NCCCCC(=O)CCCCO[C@@H]2OC(CO)[C@H](O)[C@H](O)C2C)C1. The number of carbonyl (C=O) groups is 8. The number of unbranched alkanes of at least 4 members (excludes halogenated alkanes) is 8. The Bertz CT molecular complexity index is 2880. The molecule has 1 saturated carbocycles. The molecule has 0 radical (unpaired) electrons. The van der Waals surface area contributed by atoms with Crippen LogP contribution in [0, 0.1) is 23.7 Å². The number of nitrogens with one attached hydrogen (secondary N) is 2. The van der Waals surface area contributed by atoms with Crippen molar-refractivity contribution in [1.29, 1.82) is 0 Å². The highest BCUT2D eigenvalue weighted by Gasteiger charge is 2.47. The lowest BCUT2D eigenvalue weighted by Gasteiger charge is -2.40. The number of carbonyl (C=O) groups excluding carboxylic acids is 8. The minimum Gasteiger partial charge on any atom is -0.400 e. The zero-order valence-corrected chi connectivity index (χ0v) is 73.2. The number of ether oxygens (including phenoxy) is 9. The third-order valence-electron chi connectivity index (χ3n) is 22.4. The molecule has 1 aliphatic carbocycles. The monoisotopic (exact) mass is 1800 g/mol. The van der Waals surface area contributed by atoms with Crippen LogP contribution in [0.4, 0.5) is 0 Å². The fraction of sp³-hybridized carbons (Fsp3) is 0.901. The molecule has 4 aliphatic heterocycles. The summed E-state index contributed by atoms with van der Waals surface area (Å²) in [4.78, 5) is 128. The van der Waals surface area contributed by atoms with E-state index in [1.807, 2.05) is 0 Å². The van der Waals surface area contributed by atoms with Gasteiger partial charge < -0.3 is 124 Å². The Morgan fingerprint density at radius 2 is 0.885 bits per heavy atom. The second-order valence-electron chi connectivity index (χ2n) is 32.3. The average Bonchev–Trinajstić information content (AvgIpc) is 1.59. The Kier molecular flexibility index (Phi) is 56.1. The summed E-state index contributed by atoms with van der Waals surface area (Å²) in [5.41, 5.74) is -1.69. The highest BCUT2D eigenvalue weighted by atomic mass is 31.2. The number of phosphoric ester groups is 2. The first-order chi connectivity index (χ1) is 57.7. The lowest BCUT2D eigenvalue weighted by molar-refractivity contribution is -0.282. The number of hydrogen-bond acceptors (Lipinski definition) is 34. The molecule has 41 heteroatoms. The van der Waals surface area contributed by atoms with E-state index >= 15 is 0 Å². The lowest BCUT2D eigenvalue weighted by atomic mass is 9.77. The predicted octanol–water partition coefficient (Wildman–Crippen LogP) is 2.58. The zero-order valence-electron chi connectivity index (χ0n) is 71.4. The van der Waals surface area contributed by atoms with Crippen LogP contribution in [0.2, 0.25) is 0 Å². The van der Waals surface area contributed by atoms with Crippen molar-refractivity contribution < 1.29 is 174 Å². The van der Waals surface area contributed by atoms with Crippen molar-refractivity contribution in [2.75, 3.05) is 120 Å². The Morgan fingerprint density at radius 3 is 1.34 bits per heavy atom. The molecule has 23 atom stereocenters. The zero-order chi connectivity index (χ0) is 89.7. The van der Waals surface area contributed by atoms with Gasteiger partial charge in [0.1, 0.15) is 77.5 Å². The summed E-state index contributed by atoms with van der Waals surface area (Å²) in [5.74, 6) is -4.30. The molecule has 3 amide bonds. The highest BCUT2D eigenvalue weighted by Crippen LogP contribution is 2.50. The fourth-order valence-electron chi connectivity index (χ4n) is 15.0. The summed E-state index contributed by atoms with van der Waals surface area (Å²) in [5, 5.41) is 113. The van der Waals surface area contributed by atoms with Crippen LogP contribution in [-0.2, 0) is 108 Å². The van der Waals surface area contributed by atoms with Crippen LogP contribution < -0.4 is 10.6 Å². The Balaban J connectivity index is 0.0000127. The van der Waals surface area contributed by atoms with E-state index in [4.69, 9.17) is 61.3 Å². The summed E-state index contributed by atoms with van der Waals surface area (Å²) < 4.78 is 98.6. The maximum Gasteiger partial charge on any atom is 0.472 e. The molecular formula is C81H147N3O36P2. The van der Waals surface area contributed by atoms with Gasteiger partial charge in [0.05, 0.1) is 115 Å². The van der Waals surface area contributed by atoms with Crippen molar-refractivity contribution in [3.05, 3.63) is 0 Å². The van der Waals surface area contributed by atoms with Gasteiger partial charge in [0.15, 0.2) is 12.6 Å². The van der Waals surface area contributed by atoms with E-state index in [1.165, 1.54) is 0 Å². The van der Waals surface area contributed by atoms with Gasteiger partial charge in [-0.2, -0.15) is 0 Å². The molecule has 0 spiro atoms. The van der Waals surface area contributed by atoms with Gasteiger partial charge in [-0.15, -0.1) is 0 Å². The lowest BCUT2D eigenvalue weighted by Crippen LogP contribution is -2.59. The van der Waals surface area contributed by atoms with E-state index in [1.54, 1.807) is 27.7 Å². The van der Waals surface area contributed by atoms with Gasteiger partial charge in [-0.1, -0.05) is 41.0 Å². The normalized spacial score (nSPS) is 28.7. The number of likely N-dealkylation sites (tertiary alicyclic amines) is 1. The topological polar surface area (TPSA) is 581 Å². The average molecular weight is 1800 g/mol. The van der Waals surface area contributed by atoms with Crippen LogP contribution in [0.15, 0.2) is 0 Å². The first-order valence-electron chi connectivity index (χ1n) is 42.9. The molecule has 5 fully saturated rings. The molecule has 0 aromatic rings. The standard InChI is InChI=1S/C79H139N3O35P2.CH4O.CH4/c1-51-38-64(117-118(101,102)105-5)67(113-51)47-112-119(103,104)116-62-40-56(44-84)82(42-62)70(94)41-69(93)81-79(48-106-35-28-60(90)22-10-6-8-20-57(87)25-13-17-32-109-63-39-55(43-83)74(98)71(95)52(63)2,49-107-36-29-61(91)23-11-7-9-21-58(88)26-14-18-33-110-77-53(3)72(96)75(99)65(45-85)114-77)50-108-37-30-68(92)80-31-16-12-24-59(89)27-15-19-34-111-78-54(4)73(97)76(100)66(46-86)115-78;1-2;/h51-56,62-67,71-78,83-86,95-100H,6-50H2,1-5H3,(H,80,92)(H,81,93)(H,101,102)(H,103,104);2H,1H3;1H4/t51-,52?,53?,54?,55?,56-,62+,63+,64?,65?,66?,67+,71+,72+,73+,74-,75-,76-,77+,78+,79?;;/m0../s1. The van der Waals surface area contributed by atoms with Crippen LogP contribution in [0.1, 0.15) is 221 Å². The molecule has 5 aliphatic rings. The van der Waals surface area contributed by atoms with Gasteiger partial charge in [0, 0.05) is 154 Å². The summed E-state index contributed by atoms with van der Waals surface area (Å²) in [7, 11) is -7.52. The number of phosphoric acid groups is 2. The van der Waals surface area contributed by atoms with Crippen molar-refractivity contribution in [2.24, 2.45) is 23.7 Å². The van der Waals surface area contributed by atoms with Gasteiger partial charge in [-0.3, -0.25) is 56.5 Å². The highest BCUT2D eigenvalue weighted by molar-refractivity contribution is 7.47. The van der Waals surface area contributed by atoms with Crippen molar-refractivity contribution in [1.82, 2.24) is 15.5 Å². The van der Waals surface area contributed by atoms with Crippen molar-refractivity contribution in [2.45, 2.75) is 325 Å². The summed E-state index contributed by atoms with van der Waals surface area (Å²) >= 11 is 0. The van der Waals surface area contributed by atoms with Gasteiger partial charge in [-0.05, 0) is 96.8 Å². The molecule has 0 bridgehead atoms. The number of aliphatic hydroxyl groups excluding tert-OH is 11. The van der Waals surface area contributed by atoms with E-state index in [0.29, 0.717) is 129 Å². The number of aliphatic hydroxyl groups is 11. The van der Waals surface area contributed by atoms with Crippen LogP contribution in [0.5, 0.6) is 0 Å². The molecule has 122 heavy (non-hydrogen) atoms. The maximum absolute atomic E-state index is 14.4. The van der Waals surface area contributed by atoms with E-state index in [2.05, 4.69) is 15.2 Å². The van der Waals surface area contributed by atoms with Gasteiger partial charge in [0.25, 0.3) is 0 Å². The van der Waals surface area contributed by atoms with Gasteiger partial charge in [-0.25, -0.2) is 9.13 Å².